The van der Waals surface area contributed by atoms with Gasteiger partial charge >= 0.3 is 0 Å². The second-order valence-corrected chi connectivity index (χ2v) is 6.03. The highest BCUT2D eigenvalue weighted by Gasteiger charge is 2.32. The first kappa shape index (κ1) is 18.2. The van der Waals surface area contributed by atoms with Crippen LogP contribution in [0.3, 0.4) is 0 Å². The Kier molecular flexibility index (Phi) is 7.82. The van der Waals surface area contributed by atoms with Crippen LogP contribution in [-0.2, 0) is 14.3 Å². The molecule has 2 N–H and O–H groups in total. The Hall–Kier alpha value is -1.14. The molecular formula is C17H26ClN2O3+. The van der Waals surface area contributed by atoms with Gasteiger partial charge in [0.1, 0.15) is 13.1 Å². The first-order valence-corrected chi connectivity index (χ1v) is 8.63. The molecule has 128 valence electrons. The number of halogens is 1. The van der Waals surface area contributed by atoms with E-state index in [9.17, 15) is 4.79 Å². The van der Waals surface area contributed by atoms with Crippen LogP contribution in [0.2, 0.25) is 5.02 Å². The summed E-state index contributed by atoms with van der Waals surface area (Å²) < 4.78 is 10.7. The fourth-order valence-electron chi connectivity index (χ4n) is 2.78. The molecule has 0 aliphatic carbocycles. The molecule has 1 heterocycles. The van der Waals surface area contributed by atoms with Crippen LogP contribution in [-0.4, -0.2) is 52.0 Å². The van der Waals surface area contributed by atoms with E-state index in [-0.39, 0.29) is 11.9 Å². The number of amides is 1. The fourth-order valence-corrected chi connectivity index (χ4v) is 2.91. The van der Waals surface area contributed by atoms with Gasteiger partial charge in [0.15, 0.2) is 6.04 Å². The highest BCUT2D eigenvalue weighted by molar-refractivity contribution is 6.30. The van der Waals surface area contributed by atoms with Crippen LogP contribution >= 0.6 is 11.6 Å². The molecule has 6 heteroatoms. The number of ether oxygens (including phenoxy) is 2. The molecule has 0 spiro atoms. The van der Waals surface area contributed by atoms with Gasteiger partial charge in [-0.2, -0.15) is 0 Å². The van der Waals surface area contributed by atoms with Crippen LogP contribution in [0.4, 0.5) is 0 Å². The van der Waals surface area contributed by atoms with Crippen molar-refractivity contribution in [1.82, 2.24) is 5.32 Å². The van der Waals surface area contributed by atoms with E-state index in [1.54, 1.807) is 0 Å². The van der Waals surface area contributed by atoms with Gasteiger partial charge in [0.05, 0.1) is 13.2 Å². The zero-order chi connectivity index (χ0) is 16.5. The molecule has 1 aliphatic rings. The summed E-state index contributed by atoms with van der Waals surface area (Å²) >= 11 is 5.97. The molecule has 1 aromatic rings. The summed E-state index contributed by atoms with van der Waals surface area (Å²) in [6.45, 7) is 7.03. The zero-order valence-electron chi connectivity index (χ0n) is 13.6. The van der Waals surface area contributed by atoms with Gasteiger partial charge in [-0.1, -0.05) is 23.7 Å². The second kappa shape index (κ2) is 9.88. The summed E-state index contributed by atoms with van der Waals surface area (Å²) in [5, 5.41) is 3.72. The van der Waals surface area contributed by atoms with Crippen LogP contribution in [0.1, 0.15) is 24.9 Å². The lowest BCUT2D eigenvalue weighted by Gasteiger charge is -2.30. The molecule has 2 rings (SSSR count). The van der Waals surface area contributed by atoms with Gasteiger partial charge in [-0.25, -0.2) is 0 Å². The van der Waals surface area contributed by atoms with E-state index in [0.29, 0.717) is 38.0 Å². The molecular weight excluding hydrogens is 316 g/mol. The molecule has 0 saturated carbocycles. The Balaban J connectivity index is 2.00. The molecule has 1 aliphatic heterocycles. The summed E-state index contributed by atoms with van der Waals surface area (Å²) in [5.74, 6) is 0.0562. The number of hydrogen-bond donors (Lipinski definition) is 2. The Morgan fingerprint density at radius 1 is 1.35 bits per heavy atom. The molecule has 1 saturated heterocycles. The van der Waals surface area contributed by atoms with E-state index in [0.717, 1.165) is 25.1 Å². The molecule has 1 aromatic carbocycles. The largest absolute Gasteiger partial charge is 0.382 e. The van der Waals surface area contributed by atoms with E-state index < -0.39 is 0 Å². The summed E-state index contributed by atoms with van der Waals surface area (Å²) in [7, 11) is 0. The van der Waals surface area contributed by atoms with E-state index in [2.05, 4.69) is 5.32 Å². The summed E-state index contributed by atoms with van der Waals surface area (Å²) in [6.07, 6.45) is 0.825. The van der Waals surface area contributed by atoms with E-state index in [4.69, 9.17) is 21.1 Å². The maximum absolute atomic E-state index is 12.7. The minimum Gasteiger partial charge on any atom is -0.382 e. The predicted molar refractivity (Wildman–Crippen MR) is 89.8 cm³/mol. The average molecular weight is 342 g/mol. The van der Waals surface area contributed by atoms with Crippen molar-refractivity contribution in [3.63, 3.8) is 0 Å². The van der Waals surface area contributed by atoms with Crippen molar-refractivity contribution in [2.75, 3.05) is 46.1 Å². The second-order valence-electron chi connectivity index (χ2n) is 5.60. The summed E-state index contributed by atoms with van der Waals surface area (Å²) in [6, 6.07) is 7.34. The molecule has 0 radical (unpaired) electrons. The van der Waals surface area contributed by atoms with Gasteiger partial charge in [0.2, 0.25) is 0 Å². The Labute approximate surface area is 142 Å². The summed E-state index contributed by atoms with van der Waals surface area (Å²) in [4.78, 5) is 14.0. The zero-order valence-corrected chi connectivity index (χ0v) is 14.4. The van der Waals surface area contributed by atoms with Gasteiger partial charge in [0.25, 0.3) is 5.91 Å². The number of nitrogens with one attached hydrogen (secondary N) is 2. The summed E-state index contributed by atoms with van der Waals surface area (Å²) in [5.41, 5.74) is 0.994. The quantitative estimate of drug-likeness (QED) is 0.689. The SMILES string of the molecule is CCOCCCNC(=O)C(c1ccc(Cl)cc1)[NH+]1CCOCC1. The maximum Gasteiger partial charge on any atom is 0.283 e. The molecule has 0 bridgehead atoms. The standard InChI is InChI=1S/C17H25ClN2O3/c1-2-22-11-3-8-19-17(21)16(20-9-12-23-13-10-20)14-4-6-15(18)7-5-14/h4-7,16H,2-3,8-13H2,1H3,(H,19,21)/p+1. The minimum atomic E-state index is -0.219. The van der Waals surface area contributed by atoms with Crippen molar-refractivity contribution in [3.8, 4) is 0 Å². The highest BCUT2D eigenvalue weighted by atomic mass is 35.5. The Bertz CT molecular complexity index is 475. The average Bonchev–Trinajstić information content (AvgIpc) is 2.58. The van der Waals surface area contributed by atoms with Crippen molar-refractivity contribution >= 4 is 17.5 Å². The van der Waals surface area contributed by atoms with Crippen LogP contribution in [0, 0.1) is 0 Å². The molecule has 5 nitrogen and oxygen atoms in total. The third-order valence-corrected chi connectivity index (χ3v) is 4.23. The lowest BCUT2D eigenvalue weighted by atomic mass is 10.0. The number of benzene rings is 1. The van der Waals surface area contributed by atoms with Crippen LogP contribution < -0.4 is 10.2 Å². The van der Waals surface area contributed by atoms with Gasteiger partial charge in [-0.05, 0) is 25.5 Å². The van der Waals surface area contributed by atoms with Crippen LogP contribution in [0.25, 0.3) is 0 Å². The smallest absolute Gasteiger partial charge is 0.283 e. The lowest BCUT2D eigenvalue weighted by Crippen LogP contribution is -3.15. The normalized spacial score (nSPS) is 17.0. The number of carbonyl (C=O) groups excluding carboxylic acids is 1. The van der Waals surface area contributed by atoms with Crippen molar-refractivity contribution in [2.24, 2.45) is 0 Å². The maximum atomic E-state index is 12.7. The van der Waals surface area contributed by atoms with Crippen LogP contribution in [0.5, 0.6) is 0 Å². The van der Waals surface area contributed by atoms with Crippen LogP contribution in [0.15, 0.2) is 24.3 Å². The molecule has 1 fully saturated rings. The third kappa shape index (κ3) is 5.77. The number of quaternary nitrogens is 1. The number of carbonyl (C=O) groups is 1. The first-order chi connectivity index (χ1) is 11.2. The number of rotatable bonds is 8. The van der Waals surface area contributed by atoms with Crippen molar-refractivity contribution in [3.05, 3.63) is 34.9 Å². The third-order valence-electron chi connectivity index (χ3n) is 3.98. The van der Waals surface area contributed by atoms with E-state index in [1.807, 2.05) is 31.2 Å². The topological polar surface area (TPSA) is 52.0 Å². The Morgan fingerprint density at radius 2 is 2.04 bits per heavy atom. The van der Waals surface area contributed by atoms with Gasteiger partial charge in [-0.3, -0.25) is 4.79 Å². The molecule has 1 atom stereocenters. The molecule has 1 unspecified atom stereocenters. The van der Waals surface area contributed by atoms with Gasteiger partial charge in [0, 0.05) is 30.3 Å². The predicted octanol–water partition coefficient (Wildman–Crippen LogP) is 0.839. The highest BCUT2D eigenvalue weighted by Crippen LogP contribution is 2.15. The van der Waals surface area contributed by atoms with E-state index in [1.165, 1.54) is 4.90 Å². The molecule has 1 amide bonds. The number of hydrogen-bond acceptors (Lipinski definition) is 3. The molecule has 23 heavy (non-hydrogen) atoms. The van der Waals surface area contributed by atoms with Crippen molar-refractivity contribution < 1.29 is 19.2 Å². The van der Waals surface area contributed by atoms with Crippen molar-refractivity contribution in [2.45, 2.75) is 19.4 Å². The van der Waals surface area contributed by atoms with Gasteiger partial charge < -0.3 is 19.7 Å². The van der Waals surface area contributed by atoms with Gasteiger partial charge in [-0.15, -0.1) is 0 Å². The fraction of sp³-hybridized carbons (Fsp3) is 0.588. The monoisotopic (exact) mass is 341 g/mol. The van der Waals surface area contributed by atoms with E-state index >= 15 is 0 Å². The molecule has 0 aromatic heterocycles. The van der Waals surface area contributed by atoms with Crippen molar-refractivity contribution in [1.29, 1.82) is 0 Å². The Morgan fingerprint density at radius 3 is 2.70 bits per heavy atom. The minimum absolute atomic E-state index is 0.0562. The number of morpholine rings is 1. The first-order valence-electron chi connectivity index (χ1n) is 8.25. The lowest BCUT2D eigenvalue weighted by molar-refractivity contribution is -0.929.